The summed E-state index contributed by atoms with van der Waals surface area (Å²) in [5.41, 5.74) is 2.69. The summed E-state index contributed by atoms with van der Waals surface area (Å²) in [6, 6.07) is 13.0. The summed E-state index contributed by atoms with van der Waals surface area (Å²) < 4.78 is 40.9. The van der Waals surface area contributed by atoms with Gasteiger partial charge in [0, 0.05) is 6.20 Å². The first kappa shape index (κ1) is 24.0. The summed E-state index contributed by atoms with van der Waals surface area (Å²) in [4.78, 5) is 24.4. The number of carboxylic acid groups (broad SMARTS) is 1. The van der Waals surface area contributed by atoms with Gasteiger partial charge < -0.3 is 10.4 Å². The number of carboxylic acids is 1. The lowest BCUT2D eigenvalue weighted by molar-refractivity contribution is -0.137. The highest BCUT2D eigenvalue weighted by atomic mass is 19.4. The molecule has 1 atom stereocenters. The number of aryl methyl sites for hydroxylation is 1. The molecule has 0 unspecified atom stereocenters. The molecular weight excluding hydrogens is 459 g/mol. The molecule has 0 aliphatic carbocycles. The Morgan fingerprint density at radius 1 is 1.09 bits per heavy atom. The van der Waals surface area contributed by atoms with Crippen LogP contribution in [0.15, 0.2) is 67.0 Å². The van der Waals surface area contributed by atoms with Crippen LogP contribution in [0.1, 0.15) is 61.5 Å². The second-order valence-corrected chi connectivity index (χ2v) is 8.33. The van der Waals surface area contributed by atoms with Gasteiger partial charge in [0.15, 0.2) is 0 Å². The highest BCUT2D eigenvalue weighted by Crippen LogP contribution is 2.30. The van der Waals surface area contributed by atoms with Gasteiger partial charge in [-0.05, 0) is 60.7 Å². The first-order valence-electron chi connectivity index (χ1n) is 10.8. The van der Waals surface area contributed by atoms with E-state index >= 15 is 0 Å². The number of fused-ring (bicyclic) bond motifs is 1. The second-order valence-electron chi connectivity index (χ2n) is 8.33. The number of nitrogens with one attached hydrogen (secondary N) is 1. The van der Waals surface area contributed by atoms with Gasteiger partial charge >= 0.3 is 12.1 Å². The Morgan fingerprint density at radius 2 is 1.86 bits per heavy atom. The molecule has 0 aliphatic heterocycles. The average Bonchev–Trinajstić information content (AvgIpc) is 3.24. The zero-order valence-corrected chi connectivity index (χ0v) is 18.9. The molecule has 0 bridgehead atoms. The standard InChI is InChI=1S/C26H22F3N3O3/c1-15-11-18(8-9-21(15)25(34)35)16(2)31-24(33)22-14-30-32-10-4-6-19(23(22)32)12-17-5-3-7-20(13-17)26(27,28)29/h3-11,13-14,16H,12H2,1-2H3,(H,31,33)(H,34,35)/t16-/m0/s1. The van der Waals surface area contributed by atoms with Crippen molar-refractivity contribution in [3.63, 3.8) is 0 Å². The number of carbonyl (C=O) groups is 2. The van der Waals surface area contributed by atoms with Crippen LogP contribution >= 0.6 is 0 Å². The molecule has 35 heavy (non-hydrogen) atoms. The molecule has 2 heterocycles. The van der Waals surface area contributed by atoms with Gasteiger partial charge in [-0.2, -0.15) is 18.3 Å². The van der Waals surface area contributed by atoms with Gasteiger partial charge in [0.05, 0.1) is 34.4 Å². The number of rotatable bonds is 6. The molecule has 1 amide bonds. The zero-order valence-electron chi connectivity index (χ0n) is 18.9. The number of hydrogen-bond donors (Lipinski definition) is 2. The van der Waals surface area contributed by atoms with E-state index in [4.69, 9.17) is 0 Å². The molecule has 9 heteroatoms. The SMILES string of the molecule is Cc1cc([C@H](C)NC(=O)c2cnn3cccc(Cc4cccc(C(F)(F)F)c4)c23)ccc1C(=O)O. The number of nitrogens with zero attached hydrogens (tertiary/aromatic N) is 2. The fourth-order valence-electron chi connectivity index (χ4n) is 4.06. The number of hydrogen-bond acceptors (Lipinski definition) is 3. The van der Waals surface area contributed by atoms with Crippen molar-refractivity contribution in [2.24, 2.45) is 0 Å². The van der Waals surface area contributed by atoms with Gasteiger partial charge in [-0.3, -0.25) is 4.79 Å². The van der Waals surface area contributed by atoms with Crippen LogP contribution in [0.4, 0.5) is 13.2 Å². The van der Waals surface area contributed by atoms with E-state index in [9.17, 15) is 27.9 Å². The highest BCUT2D eigenvalue weighted by Gasteiger charge is 2.30. The van der Waals surface area contributed by atoms with E-state index in [1.807, 2.05) is 0 Å². The number of aromatic nitrogens is 2. The van der Waals surface area contributed by atoms with Gasteiger partial charge in [0.2, 0.25) is 0 Å². The normalized spacial score (nSPS) is 12.5. The first-order valence-corrected chi connectivity index (χ1v) is 10.8. The molecule has 180 valence electrons. The third-order valence-electron chi connectivity index (χ3n) is 5.85. The Morgan fingerprint density at radius 3 is 2.54 bits per heavy atom. The second kappa shape index (κ2) is 9.25. The fourth-order valence-corrected chi connectivity index (χ4v) is 4.06. The number of pyridine rings is 1. The van der Waals surface area contributed by atoms with Gasteiger partial charge in [-0.1, -0.05) is 36.4 Å². The molecule has 0 fully saturated rings. The minimum absolute atomic E-state index is 0.186. The van der Waals surface area contributed by atoms with E-state index in [-0.39, 0.29) is 12.0 Å². The monoisotopic (exact) mass is 481 g/mol. The Balaban J connectivity index is 1.62. The van der Waals surface area contributed by atoms with Gasteiger partial charge in [0.1, 0.15) is 0 Å². The van der Waals surface area contributed by atoms with Gasteiger partial charge in [-0.25, -0.2) is 9.31 Å². The minimum Gasteiger partial charge on any atom is -0.478 e. The molecule has 0 saturated carbocycles. The summed E-state index contributed by atoms with van der Waals surface area (Å²) in [5, 5.41) is 16.4. The molecule has 0 spiro atoms. The molecule has 0 radical (unpaired) electrons. The van der Waals surface area contributed by atoms with E-state index in [0.717, 1.165) is 17.7 Å². The summed E-state index contributed by atoms with van der Waals surface area (Å²) >= 11 is 0. The maximum Gasteiger partial charge on any atom is 0.416 e. The molecule has 6 nitrogen and oxygen atoms in total. The van der Waals surface area contributed by atoms with E-state index in [1.165, 1.54) is 22.8 Å². The van der Waals surface area contributed by atoms with Crippen LogP contribution in [-0.4, -0.2) is 26.6 Å². The van der Waals surface area contributed by atoms with Crippen LogP contribution in [0.5, 0.6) is 0 Å². The summed E-state index contributed by atoms with van der Waals surface area (Å²) in [7, 11) is 0. The highest BCUT2D eigenvalue weighted by molar-refractivity contribution is 6.01. The van der Waals surface area contributed by atoms with E-state index in [0.29, 0.717) is 27.8 Å². The lowest BCUT2D eigenvalue weighted by atomic mass is 10.00. The molecule has 4 aromatic rings. The molecule has 2 aromatic carbocycles. The van der Waals surface area contributed by atoms with E-state index in [2.05, 4.69) is 10.4 Å². The molecule has 0 saturated heterocycles. The Labute approximate surface area is 199 Å². The van der Waals surface area contributed by atoms with Crippen LogP contribution in [0, 0.1) is 6.92 Å². The van der Waals surface area contributed by atoms with Crippen molar-refractivity contribution in [1.29, 1.82) is 0 Å². The first-order chi connectivity index (χ1) is 16.5. The zero-order chi connectivity index (χ0) is 25.3. The lowest BCUT2D eigenvalue weighted by Gasteiger charge is -2.16. The number of aromatic carboxylic acids is 1. The molecular formula is C26H22F3N3O3. The lowest BCUT2D eigenvalue weighted by Crippen LogP contribution is -2.26. The Bertz CT molecular complexity index is 1430. The van der Waals surface area contributed by atoms with Crippen molar-refractivity contribution in [1.82, 2.24) is 14.9 Å². The van der Waals surface area contributed by atoms with Crippen molar-refractivity contribution in [3.05, 3.63) is 106 Å². The van der Waals surface area contributed by atoms with Crippen LogP contribution in [0.3, 0.4) is 0 Å². The van der Waals surface area contributed by atoms with Crippen LogP contribution in [0.2, 0.25) is 0 Å². The Kier molecular flexibility index (Phi) is 6.34. The number of amides is 1. The molecule has 0 aliphatic rings. The maximum absolute atomic E-state index is 13.1. The van der Waals surface area contributed by atoms with E-state index < -0.39 is 29.7 Å². The summed E-state index contributed by atoms with van der Waals surface area (Å²) in [6.45, 7) is 3.47. The molecule has 2 aromatic heterocycles. The van der Waals surface area contributed by atoms with Crippen molar-refractivity contribution in [2.45, 2.75) is 32.5 Å². The van der Waals surface area contributed by atoms with Crippen LogP contribution < -0.4 is 5.32 Å². The number of carbonyl (C=O) groups excluding carboxylic acids is 1. The van der Waals surface area contributed by atoms with Crippen molar-refractivity contribution >= 4 is 17.4 Å². The van der Waals surface area contributed by atoms with Crippen molar-refractivity contribution in [2.75, 3.05) is 0 Å². The summed E-state index contributed by atoms with van der Waals surface area (Å²) in [6.07, 6.45) is -1.17. The quantitative estimate of drug-likeness (QED) is 0.384. The summed E-state index contributed by atoms with van der Waals surface area (Å²) in [5.74, 6) is -1.42. The number of halogens is 3. The minimum atomic E-state index is -4.44. The third kappa shape index (κ3) is 5.03. The number of alkyl halides is 3. The Hall–Kier alpha value is -4.14. The topological polar surface area (TPSA) is 83.7 Å². The largest absolute Gasteiger partial charge is 0.478 e. The maximum atomic E-state index is 13.1. The van der Waals surface area contributed by atoms with Crippen molar-refractivity contribution < 1.29 is 27.9 Å². The van der Waals surface area contributed by atoms with Gasteiger partial charge in [0.25, 0.3) is 5.91 Å². The van der Waals surface area contributed by atoms with E-state index in [1.54, 1.807) is 50.4 Å². The van der Waals surface area contributed by atoms with Crippen LogP contribution in [0.25, 0.3) is 5.52 Å². The smallest absolute Gasteiger partial charge is 0.416 e. The molecule has 4 rings (SSSR count). The predicted molar refractivity (Wildman–Crippen MR) is 123 cm³/mol. The number of benzene rings is 2. The molecule has 2 N–H and O–H groups in total. The predicted octanol–water partition coefficient (Wildman–Crippen LogP) is 5.44. The third-order valence-corrected chi connectivity index (χ3v) is 5.85. The van der Waals surface area contributed by atoms with Crippen molar-refractivity contribution in [3.8, 4) is 0 Å². The fraction of sp³-hybridized carbons (Fsp3) is 0.192. The average molecular weight is 481 g/mol. The van der Waals surface area contributed by atoms with Crippen LogP contribution in [-0.2, 0) is 12.6 Å². The van der Waals surface area contributed by atoms with Gasteiger partial charge in [-0.15, -0.1) is 0 Å².